The normalized spacial score (nSPS) is 54.7. The zero-order valence-electron chi connectivity index (χ0n) is 22.7. The van der Waals surface area contributed by atoms with Crippen LogP contribution in [0.1, 0.15) is 103 Å². The van der Waals surface area contributed by atoms with Crippen LogP contribution < -0.4 is 0 Å². The lowest BCUT2D eigenvalue weighted by molar-refractivity contribution is -0.207. The SMILES string of the molecule is [2H]C([2H])([2H])[C@@H](C)CCC[C@@H](C)[C@H]1CC[C@H]2[C@@H]3[C@H](O)C[C@@H]4C[C@H](O)CC[C@]4(C)[C@H]3C[C@H](O)[C@]12C. The fraction of sp³-hybridized carbons (Fsp3) is 1.00. The first-order valence-corrected chi connectivity index (χ1v) is 12.8. The Bertz CT molecular complexity index is 699. The molecule has 0 aromatic carbocycles. The smallest absolute Gasteiger partial charge is 0.0602 e. The number of rotatable bonds is 5. The largest absolute Gasteiger partial charge is 0.393 e. The van der Waals surface area contributed by atoms with E-state index in [1.807, 2.05) is 6.92 Å². The Kier molecular flexibility index (Phi) is 5.38. The van der Waals surface area contributed by atoms with Crippen molar-refractivity contribution in [2.45, 2.75) is 117 Å². The van der Waals surface area contributed by atoms with Gasteiger partial charge in [-0.25, -0.2) is 0 Å². The van der Waals surface area contributed by atoms with Gasteiger partial charge in [-0.05, 0) is 97.2 Å². The number of aliphatic hydroxyl groups excluding tert-OH is 3. The first-order valence-electron chi connectivity index (χ1n) is 14.3. The third-order valence-corrected chi connectivity index (χ3v) is 10.8. The van der Waals surface area contributed by atoms with Gasteiger partial charge in [0.2, 0.25) is 0 Å². The van der Waals surface area contributed by atoms with Gasteiger partial charge >= 0.3 is 0 Å². The summed E-state index contributed by atoms with van der Waals surface area (Å²) >= 11 is 0. The summed E-state index contributed by atoms with van der Waals surface area (Å²) in [6.07, 6.45) is 8.13. The van der Waals surface area contributed by atoms with Crippen molar-refractivity contribution < 1.29 is 19.4 Å². The van der Waals surface area contributed by atoms with Crippen LogP contribution in [-0.4, -0.2) is 33.6 Å². The molecule has 0 radical (unpaired) electrons. The predicted octanol–water partition coefficient (Wildman–Crippen LogP) is 5.41. The Morgan fingerprint density at radius 3 is 2.47 bits per heavy atom. The van der Waals surface area contributed by atoms with E-state index in [4.69, 9.17) is 4.11 Å². The van der Waals surface area contributed by atoms with Crippen molar-refractivity contribution in [2.75, 3.05) is 0 Å². The van der Waals surface area contributed by atoms with E-state index >= 15 is 0 Å². The summed E-state index contributed by atoms with van der Waals surface area (Å²) in [7, 11) is 0. The Morgan fingerprint density at radius 1 is 0.967 bits per heavy atom. The molecule has 3 heteroatoms. The molecule has 4 fully saturated rings. The van der Waals surface area contributed by atoms with Gasteiger partial charge in [0.25, 0.3) is 0 Å². The lowest BCUT2D eigenvalue weighted by Gasteiger charge is -2.63. The van der Waals surface area contributed by atoms with E-state index in [-0.39, 0.29) is 41.0 Å². The highest BCUT2D eigenvalue weighted by Gasteiger charge is 2.65. The van der Waals surface area contributed by atoms with E-state index in [9.17, 15) is 15.3 Å². The summed E-state index contributed by atoms with van der Waals surface area (Å²) in [5.41, 5.74) is -0.0604. The zero-order chi connectivity index (χ0) is 24.3. The summed E-state index contributed by atoms with van der Waals surface area (Å²) < 4.78 is 22.9. The number of aliphatic hydroxyl groups is 3. The van der Waals surface area contributed by atoms with Crippen LogP contribution in [0, 0.1) is 52.3 Å². The van der Waals surface area contributed by atoms with E-state index < -0.39 is 6.85 Å². The average Bonchev–Trinajstić information content (AvgIpc) is 3.08. The van der Waals surface area contributed by atoms with E-state index in [0.717, 1.165) is 64.2 Å². The van der Waals surface area contributed by atoms with Gasteiger partial charge in [-0.3, -0.25) is 0 Å². The quantitative estimate of drug-likeness (QED) is 0.554. The Labute approximate surface area is 189 Å². The summed E-state index contributed by atoms with van der Waals surface area (Å²) in [5, 5.41) is 33.3. The molecule has 0 unspecified atom stereocenters. The second-order valence-electron chi connectivity index (χ2n) is 12.3. The van der Waals surface area contributed by atoms with Crippen LogP contribution in [0.5, 0.6) is 0 Å². The van der Waals surface area contributed by atoms with Gasteiger partial charge in [0.1, 0.15) is 0 Å². The molecule has 0 bridgehead atoms. The number of hydrogen-bond donors (Lipinski definition) is 3. The Hall–Kier alpha value is -0.120. The second-order valence-corrected chi connectivity index (χ2v) is 12.3. The average molecular weight is 424 g/mol. The highest BCUT2D eigenvalue weighted by molar-refractivity contribution is 5.14. The third kappa shape index (κ3) is 3.59. The highest BCUT2D eigenvalue weighted by Crippen LogP contribution is 2.68. The minimum atomic E-state index is -1.87. The van der Waals surface area contributed by atoms with Crippen molar-refractivity contribution in [3.05, 3.63) is 0 Å². The molecule has 12 atom stereocenters. The second kappa shape index (κ2) is 8.34. The van der Waals surface area contributed by atoms with E-state index in [0.29, 0.717) is 29.6 Å². The molecule has 3 N–H and O–H groups in total. The molecular formula is C27H48O3. The molecule has 4 aliphatic rings. The molecule has 0 spiro atoms. The van der Waals surface area contributed by atoms with Crippen LogP contribution >= 0.6 is 0 Å². The van der Waals surface area contributed by atoms with Gasteiger partial charge in [0.05, 0.1) is 18.3 Å². The summed E-state index contributed by atoms with van der Waals surface area (Å²) in [6, 6.07) is 0. The third-order valence-electron chi connectivity index (χ3n) is 10.8. The molecule has 30 heavy (non-hydrogen) atoms. The highest BCUT2D eigenvalue weighted by atomic mass is 16.3. The molecule has 0 heterocycles. The van der Waals surface area contributed by atoms with Crippen LogP contribution in [0.3, 0.4) is 0 Å². The fourth-order valence-electron chi connectivity index (χ4n) is 9.08. The minimum absolute atomic E-state index is 0.112. The van der Waals surface area contributed by atoms with E-state index in [1.54, 1.807) is 0 Å². The molecule has 0 aromatic rings. The van der Waals surface area contributed by atoms with E-state index in [1.165, 1.54) is 0 Å². The van der Waals surface area contributed by atoms with Crippen LogP contribution in [0.2, 0.25) is 0 Å². The Balaban J connectivity index is 1.49. The summed E-state index contributed by atoms with van der Waals surface area (Å²) in [6.45, 7) is 6.93. The van der Waals surface area contributed by atoms with Crippen molar-refractivity contribution in [1.29, 1.82) is 0 Å². The summed E-state index contributed by atoms with van der Waals surface area (Å²) in [4.78, 5) is 0. The zero-order valence-corrected chi connectivity index (χ0v) is 19.7. The van der Waals surface area contributed by atoms with Crippen LogP contribution in [0.25, 0.3) is 0 Å². The number of fused-ring (bicyclic) bond motifs is 5. The molecule has 0 aromatic heterocycles. The first-order chi connectivity index (χ1) is 15.3. The lowest BCUT2D eigenvalue weighted by Crippen LogP contribution is -2.62. The fourth-order valence-corrected chi connectivity index (χ4v) is 9.08. The maximum atomic E-state index is 11.7. The van der Waals surface area contributed by atoms with Crippen LogP contribution in [0.15, 0.2) is 0 Å². The van der Waals surface area contributed by atoms with Crippen LogP contribution in [-0.2, 0) is 0 Å². The van der Waals surface area contributed by atoms with Crippen molar-refractivity contribution in [1.82, 2.24) is 0 Å². The molecule has 0 saturated heterocycles. The maximum absolute atomic E-state index is 11.7. The molecule has 174 valence electrons. The minimum Gasteiger partial charge on any atom is -0.393 e. The topological polar surface area (TPSA) is 60.7 Å². The molecule has 4 rings (SSSR count). The van der Waals surface area contributed by atoms with Gasteiger partial charge in [-0.2, -0.15) is 0 Å². The molecule has 0 aliphatic heterocycles. The molecule has 0 amide bonds. The Morgan fingerprint density at radius 2 is 1.73 bits per heavy atom. The maximum Gasteiger partial charge on any atom is 0.0602 e. The van der Waals surface area contributed by atoms with Crippen molar-refractivity contribution in [3.8, 4) is 0 Å². The number of hydrogen-bond acceptors (Lipinski definition) is 3. The van der Waals surface area contributed by atoms with Crippen molar-refractivity contribution in [3.63, 3.8) is 0 Å². The van der Waals surface area contributed by atoms with Crippen molar-refractivity contribution in [2.24, 2.45) is 52.3 Å². The molecule has 4 aliphatic carbocycles. The monoisotopic (exact) mass is 423 g/mol. The standard InChI is InChI=1S/C27H48O3/c1-16(2)7-6-8-17(3)20-9-10-21-25-22(15-24(30)27(20,21)5)26(4)12-11-19(28)13-18(26)14-23(25)29/h16-25,28-30H,6-15H2,1-5H3/t17-,18+,19-,20-,21+,22+,23-,24+,25+,26+,27-/m1/s1/i1D3/t16-,17+,18-,19+,20+,21-,22-,23+,24-,25-,26-,27+/m0. The van der Waals surface area contributed by atoms with E-state index in [2.05, 4.69) is 20.8 Å². The lowest BCUT2D eigenvalue weighted by atomic mass is 9.43. The first kappa shape index (κ1) is 19.4. The molecule has 3 nitrogen and oxygen atoms in total. The van der Waals surface area contributed by atoms with Gasteiger partial charge in [0, 0.05) is 4.11 Å². The predicted molar refractivity (Wildman–Crippen MR) is 122 cm³/mol. The summed E-state index contributed by atoms with van der Waals surface area (Å²) in [5.74, 6) is 1.89. The van der Waals surface area contributed by atoms with Crippen molar-refractivity contribution >= 4 is 0 Å². The molecule has 4 saturated carbocycles. The molecular weight excluding hydrogens is 372 g/mol. The van der Waals surface area contributed by atoms with Gasteiger partial charge < -0.3 is 15.3 Å². The van der Waals surface area contributed by atoms with Gasteiger partial charge in [-0.15, -0.1) is 0 Å². The van der Waals surface area contributed by atoms with Gasteiger partial charge in [-0.1, -0.05) is 53.8 Å². The van der Waals surface area contributed by atoms with Crippen LogP contribution in [0.4, 0.5) is 0 Å². The van der Waals surface area contributed by atoms with Gasteiger partial charge in [0.15, 0.2) is 0 Å².